The Bertz CT molecular complexity index is 819. The van der Waals surface area contributed by atoms with E-state index >= 15 is 0 Å². The minimum Gasteiger partial charge on any atom is -0.350 e. The van der Waals surface area contributed by atoms with Crippen molar-refractivity contribution in [3.05, 3.63) is 29.1 Å². The predicted octanol–water partition coefficient (Wildman–Crippen LogP) is 3.56. The lowest BCUT2D eigenvalue weighted by atomic mass is 10.1. The smallest absolute Gasteiger partial charge is 0.350 e. The van der Waals surface area contributed by atoms with E-state index in [0.29, 0.717) is 6.42 Å². The Kier molecular flexibility index (Phi) is 6.28. The molecular formula is C14H12F8O5S. The summed E-state index contributed by atoms with van der Waals surface area (Å²) < 4.78 is 144. The maximum Gasteiger partial charge on any atom is 0.416 e. The van der Waals surface area contributed by atoms with E-state index < -0.39 is 68.6 Å². The van der Waals surface area contributed by atoms with Crippen molar-refractivity contribution in [3.63, 3.8) is 0 Å². The summed E-state index contributed by atoms with van der Waals surface area (Å²) in [4.78, 5) is -2.53. The zero-order valence-electron chi connectivity index (χ0n) is 13.9. The topological polar surface area (TPSA) is 61.8 Å². The normalized spacial score (nSPS) is 18.9. The van der Waals surface area contributed by atoms with Gasteiger partial charge in [-0.1, -0.05) is 0 Å². The highest BCUT2D eigenvalue weighted by molar-refractivity contribution is 7.86. The standard InChI is InChI=1S/C14H12F8O5S/c1-13(25-3-2-4-26-13)5-6(14(20,21)22)27-28(23,24)12-10(18)8(16)7(15)9(17)11(12)19/h6H,2-5H2,1H3. The van der Waals surface area contributed by atoms with Crippen LogP contribution in [0.25, 0.3) is 0 Å². The first kappa shape index (κ1) is 22.8. The average Bonchev–Trinajstić information content (AvgIpc) is 2.57. The van der Waals surface area contributed by atoms with Crippen molar-refractivity contribution < 1.29 is 57.2 Å². The highest BCUT2D eigenvalue weighted by Crippen LogP contribution is 2.36. The second-order valence-electron chi connectivity index (χ2n) is 5.87. The van der Waals surface area contributed by atoms with Gasteiger partial charge in [0.05, 0.1) is 13.2 Å². The molecule has 0 amide bonds. The Morgan fingerprint density at radius 1 is 0.964 bits per heavy atom. The van der Waals surface area contributed by atoms with Crippen LogP contribution in [0.5, 0.6) is 0 Å². The molecule has 0 aliphatic carbocycles. The second kappa shape index (κ2) is 7.72. The molecule has 160 valence electrons. The highest BCUT2D eigenvalue weighted by atomic mass is 32.2. The zero-order valence-corrected chi connectivity index (χ0v) is 14.7. The van der Waals surface area contributed by atoms with Gasteiger partial charge in [0, 0.05) is 6.42 Å². The van der Waals surface area contributed by atoms with Gasteiger partial charge in [0.1, 0.15) is 0 Å². The Morgan fingerprint density at radius 3 is 1.82 bits per heavy atom. The second-order valence-corrected chi connectivity index (χ2v) is 7.38. The number of hydrogen-bond donors (Lipinski definition) is 0. The van der Waals surface area contributed by atoms with Crippen LogP contribution in [0, 0.1) is 29.1 Å². The molecule has 28 heavy (non-hydrogen) atoms. The van der Waals surface area contributed by atoms with Gasteiger partial charge in [0.15, 0.2) is 40.1 Å². The monoisotopic (exact) mass is 444 g/mol. The van der Waals surface area contributed by atoms with Crippen LogP contribution < -0.4 is 0 Å². The molecule has 0 saturated carbocycles. The lowest BCUT2D eigenvalue weighted by Gasteiger charge is -2.36. The first-order valence-corrected chi connectivity index (χ1v) is 8.90. The van der Waals surface area contributed by atoms with Gasteiger partial charge < -0.3 is 9.47 Å². The fraction of sp³-hybridized carbons (Fsp3) is 0.571. The molecule has 1 fully saturated rings. The fourth-order valence-electron chi connectivity index (χ4n) is 2.34. The third-order valence-corrected chi connectivity index (χ3v) is 5.03. The molecule has 14 heteroatoms. The molecule has 1 aliphatic rings. The molecule has 0 spiro atoms. The van der Waals surface area contributed by atoms with E-state index in [9.17, 15) is 43.5 Å². The largest absolute Gasteiger partial charge is 0.416 e. The molecule has 1 saturated heterocycles. The van der Waals surface area contributed by atoms with Crippen LogP contribution in [0.2, 0.25) is 0 Å². The Morgan fingerprint density at radius 2 is 1.39 bits per heavy atom. The SMILES string of the molecule is CC1(CC(OS(=O)(=O)c2c(F)c(F)c(F)c(F)c2F)C(F)(F)F)OCCCO1. The van der Waals surface area contributed by atoms with Gasteiger partial charge in [0.2, 0.25) is 5.82 Å². The quantitative estimate of drug-likeness (QED) is 0.301. The van der Waals surface area contributed by atoms with Crippen LogP contribution in [0.1, 0.15) is 19.8 Å². The Hall–Kier alpha value is -1.51. The third kappa shape index (κ3) is 4.55. The molecule has 1 unspecified atom stereocenters. The predicted molar refractivity (Wildman–Crippen MR) is 73.9 cm³/mol. The number of ether oxygens (including phenoxy) is 2. The van der Waals surface area contributed by atoms with Crippen LogP contribution in [-0.2, 0) is 23.8 Å². The van der Waals surface area contributed by atoms with Crippen molar-refractivity contribution in [2.24, 2.45) is 0 Å². The third-order valence-electron chi connectivity index (χ3n) is 3.69. The minimum absolute atomic E-state index is 0.0224. The maximum absolute atomic E-state index is 13.7. The summed E-state index contributed by atoms with van der Waals surface area (Å²) >= 11 is 0. The van der Waals surface area contributed by atoms with Crippen molar-refractivity contribution in [2.45, 2.75) is 42.7 Å². The number of benzene rings is 1. The zero-order chi connectivity index (χ0) is 21.5. The lowest BCUT2D eigenvalue weighted by molar-refractivity contribution is -0.288. The van der Waals surface area contributed by atoms with Crippen LogP contribution in [0.4, 0.5) is 35.1 Å². The molecule has 1 aliphatic heterocycles. The molecule has 1 atom stereocenters. The summed E-state index contributed by atoms with van der Waals surface area (Å²) in [7, 11) is -6.07. The number of halogens is 8. The van der Waals surface area contributed by atoms with Gasteiger partial charge in [0.25, 0.3) is 0 Å². The summed E-state index contributed by atoms with van der Waals surface area (Å²) in [6.07, 6.45) is -9.61. The van der Waals surface area contributed by atoms with Crippen LogP contribution in [0.15, 0.2) is 4.90 Å². The van der Waals surface area contributed by atoms with Crippen molar-refractivity contribution >= 4 is 10.1 Å². The van der Waals surface area contributed by atoms with E-state index in [1.807, 2.05) is 0 Å². The molecule has 2 rings (SSSR count). The summed E-state index contributed by atoms with van der Waals surface area (Å²) in [6, 6.07) is 0. The van der Waals surface area contributed by atoms with Gasteiger partial charge in [-0.05, 0) is 13.3 Å². The van der Waals surface area contributed by atoms with Crippen molar-refractivity contribution in [1.29, 1.82) is 0 Å². The lowest BCUT2D eigenvalue weighted by Crippen LogP contribution is -2.46. The summed E-state index contributed by atoms with van der Waals surface area (Å²) in [5.74, 6) is -15.7. The average molecular weight is 444 g/mol. The molecule has 5 nitrogen and oxygen atoms in total. The van der Waals surface area contributed by atoms with Crippen molar-refractivity contribution in [3.8, 4) is 0 Å². The molecule has 0 radical (unpaired) electrons. The number of hydrogen-bond acceptors (Lipinski definition) is 5. The summed E-state index contributed by atoms with van der Waals surface area (Å²) in [5.41, 5.74) is 0. The first-order valence-electron chi connectivity index (χ1n) is 7.49. The number of rotatable bonds is 5. The molecule has 1 aromatic rings. The van der Waals surface area contributed by atoms with E-state index in [2.05, 4.69) is 4.18 Å². The molecule has 0 bridgehead atoms. The number of alkyl halides is 3. The van der Waals surface area contributed by atoms with E-state index in [4.69, 9.17) is 9.47 Å². The van der Waals surface area contributed by atoms with E-state index in [-0.39, 0.29) is 13.2 Å². The molecule has 1 heterocycles. The van der Waals surface area contributed by atoms with Gasteiger partial charge in [-0.2, -0.15) is 21.6 Å². The van der Waals surface area contributed by atoms with Crippen molar-refractivity contribution in [2.75, 3.05) is 13.2 Å². The van der Waals surface area contributed by atoms with Crippen molar-refractivity contribution in [1.82, 2.24) is 0 Å². The summed E-state index contributed by atoms with van der Waals surface area (Å²) in [6.45, 7) is 0.996. The highest BCUT2D eigenvalue weighted by Gasteiger charge is 2.50. The van der Waals surface area contributed by atoms with E-state index in [0.717, 1.165) is 6.92 Å². The molecule has 1 aromatic carbocycles. The van der Waals surface area contributed by atoms with Crippen LogP contribution in [0.3, 0.4) is 0 Å². The first-order chi connectivity index (χ1) is 12.7. The minimum atomic E-state index is -6.07. The fourth-order valence-corrected chi connectivity index (χ4v) is 3.54. The van der Waals surface area contributed by atoms with Gasteiger partial charge in [-0.3, -0.25) is 4.18 Å². The summed E-state index contributed by atoms with van der Waals surface area (Å²) in [5, 5.41) is 0. The molecular weight excluding hydrogens is 432 g/mol. The Labute approximate surface area is 153 Å². The maximum atomic E-state index is 13.7. The van der Waals surface area contributed by atoms with E-state index in [1.54, 1.807) is 0 Å². The van der Waals surface area contributed by atoms with Gasteiger partial charge >= 0.3 is 16.3 Å². The molecule has 0 aromatic heterocycles. The van der Waals surface area contributed by atoms with E-state index in [1.165, 1.54) is 0 Å². The van der Waals surface area contributed by atoms with Crippen LogP contribution >= 0.6 is 0 Å². The Balaban J connectivity index is 2.44. The van der Waals surface area contributed by atoms with Crippen LogP contribution in [-0.4, -0.2) is 39.7 Å². The van der Waals surface area contributed by atoms with Gasteiger partial charge in [-0.15, -0.1) is 0 Å². The molecule has 0 N–H and O–H groups in total. The van der Waals surface area contributed by atoms with Gasteiger partial charge in [-0.25, -0.2) is 22.0 Å².